The highest BCUT2D eigenvalue weighted by atomic mass is 14.1. The van der Waals surface area contributed by atoms with Crippen molar-refractivity contribution in [2.75, 3.05) is 0 Å². The molecule has 0 nitrogen and oxygen atoms in total. The summed E-state index contributed by atoms with van der Waals surface area (Å²) in [5.74, 6) is 0. The van der Waals surface area contributed by atoms with Gasteiger partial charge in [-0.1, -0.05) is 97.5 Å². The topological polar surface area (TPSA) is 0 Å². The van der Waals surface area contributed by atoms with Crippen LogP contribution in [0.15, 0.2) is 48.5 Å². The maximum atomic E-state index is 2.21. The van der Waals surface area contributed by atoms with Crippen molar-refractivity contribution < 1.29 is 0 Å². The van der Waals surface area contributed by atoms with Crippen LogP contribution in [-0.2, 0) is 0 Å². The summed E-state index contributed by atoms with van der Waals surface area (Å²) in [6, 6.07) is 16.7. The van der Waals surface area contributed by atoms with Crippen molar-refractivity contribution in [1.29, 1.82) is 0 Å². The summed E-state index contributed by atoms with van der Waals surface area (Å²) in [6.45, 7) is 25.3. The fraction of sp³-hybridized carbons (Fsp3) is 0.448. The molecule has 0 bridgehead atoms. The minimum atomic E-state index is 0. The molecule has 0 atom stereocenters. The maximum Gasteiger partial charge on any atom is -0.0184 e. The lowest BCUT2D eigenvalue weighted by molar-refractivity contribution is 1.13. The summed E-state index contributed by atoms with van der Waals surface area (Å²) in [5, 5.41) is 2.62. The zero-order chi connectivity index (χ0) is 22.3. The van der Waals surface area contributed by atoms with Gasteiger partial charge in [-0.2, -0.15) is 0 Å². The molecule has 0 aliphatic carbocycles. The molecule has 3 aromatic rings. The van der Waals surface area contributed by atoms with E-state index in [4.69, 9.17) is 0 Å². The Morgan fingerprint density at radius 2 is 0.483 bits per heavy atom. The molecule has 3 rings (SSSR count). The molecule has 0 unspecified atom stereocenters. The molecule has 0 fully saturated rings. The van der Waals surface area contributed by atoms with Crippen LogP contribution < -0.4 is 0 Å². The molecule has 0 amide bonds. The van der Waals surface area contributed by atoms with Crippen LogP contribution in [0.25, 0.3) is 10.8 Å². The summed E-state index contributed by atoms with van der Waals surface area (Å²) in [6.07, 6.45) is 0. The van der Waals surface area contributed by atoms with Crippen molar-refractivity contribution in [2.45, 2.75) is 90.5 Å². The highest BCUT2D eigenvalue weighted by Gasteiger charge is 2.07. The second-order valence-corrected chi connectivity index (χ2v) is 6.10. The smallest absolute Gasteiger partial charge is 0.0184 e. The number of hydrogen-bond donors (Lipinski definition) is 0. The number of hydrogen-bond acceptors (Lipinski definition) is 0. The second kappa shape index (κ2) is 18.0. The molecule has 0 heteroatoms. The molecular weight excluding hydrogens is 348 g/mol. The van der Waals surface area contributed by atoms with Crippen molar-refractivity contribution >= 4 is 10.8 Å². The molecule has 0 saturated carbocycles. The highest BCUT2D eigenvalue weighted by Crippen LogP contribution is 2.24. The Morgan fingerprint density at radius 3 is 0.621 bits per heavy atom. The first kappa shape index (κ1) is 31.6. The third-order valence-corrected chi connectivity index (χ3v) is 5.03. The molecular formula is C29H48. The van der Waals surface area contributed by atoms with Gasteiger partial charge >= 0.3 is 0 Å². The molecule has 0 radical (unpaired) electrons. The largest absolute Gasteiger partial charge is 0.0776 e. The van der Waals surface area contributed by atoms with Crippen LogP contribution in [0.3, 0.4) is 0 Å². The van der Waals surface area contributed by atoms with Crippen molar-refractivity contribution in [3.8, 4) is 0 Å². The first-order chi connectivity index (χ1) is 13.4. The van der Waals surface area contributed by atoms with Crippen LogP contribution in [0.2, 0.25) is 0 Å². The Morgan fingerprint density at radius 1 is 0.345 bits per heavy atom. The summed E-state index contributed by atoms with van der Waals surface area (Å²) in [4.78, 5) is 0. The fourth-order valence-corrected chi connectivity index (χ4v) is 2.82. The van der Waals surface area contributed by atoms with Gasteiger partial charge < -0.3 is 0 Å². The summed E-state index contributed by atoms with van der Waals surface area (Å²) >= 11 is 0. The Balaban J connectivity index is -0.000000363. The third-order valence-electron chi connectivity index (χ3n) is 5.03. The van der Waals surface area contributed by atoms with Crippen LogP contribution in [0.5, 0.6) is 0 Å². The summed E-state index contributed by atoms with van der Waals surface area (Å²) in [5.41, 5.74) is 8.73. The highest BCUT2D eigenvalue weighted by molar-refractivity contribution is 5.82. The van der Waals surface area contributed by atoms with Crippen molar-refractivity contribution in [3.63, 3.8) is 0 Å². The second-order valence-electron chi connectivity index (χ2n) is 6.10. The molecule has 0 heterocycles. The Kier molecular flexibility index (Phi) is 19.6. The Hall–Kier alpha value is -2.08. The lowest BCUT2D eigenvalue weighted by Gasteiger charge is -2.15. The van der Waals surface area contributed by atoms with Gasteiger partial charge in [0.15, 0.2) is 0 Å². The summed E-state index contributed by atoms with van der Waals surface area (Å²) in [7, 11) is 0. The first-order valence-electron chi connectivity index (χ1n) is 10.9. The average molecular weight is 397 g/mol. The van der Waals surface area contributed by atoms with E-state index in [-0.39, 0.29) is 7.43 Å². The number of rotatable bonds is 0. The van der Waals surface area contributed by atoms with Crippen molar-refractivity contribution in [3.05, 3.63) is 81.9 Å². The number of fused-ring (bicyclic) bond motifs is 1. The van der Waals surface area contributed by atoms with Gasteiger partial charge in [-0.05, 0) is 85.7 Å². The minimum Gasteiger partial charge on any atom is -0.0776 e. The lowest BCUT2D eigenvalue weighted by Crippen LogP contribution is -1.98. The Labute approximate surface area is 183 Å². The zero-order valence-corrected chi connectivity index (χ0v) is 20.6. The van der Waals surface area contributed by atoms with Gasteiger partial charge in [0.1, 0.15) is 0 Å². The van der Waals surface area contributed by atoms with Crippen LogP contribution in [0.1, 0.15) is 82.3 Å². The van der Waals surface area contributed by atoms with Gasteiger partial charge in [-0.3, -0.25) is 0 Å². The van der Waals surface area contributed by atoms with E-state index in [1.165, 1.54) is 44.2 Å². The van der Waals surface area contributed by atoms with E-state index in [9.17, 15) is 0 Å². The Bertz CT molecular complexity index is 624. The standard InChI is InChI=1S/C12H18.C10H8.3C2H6.CH4/c1-7-8(2)10(4)12(6)11(5)9(7)3;1-2-6-10-8-4-3-7-9(10)5-1;3*1-2;/h1-6H3;1-8H;3*1-2H3;1H4. The minimum absolute atomic E-state index is 0. The van der Waals surface area contributed by atoms with E-state index < -0.39 is 0 Å². The van der Waals surface area contributed by atoms with Gasteiger partial charge in [-0.25, -0.2) is 0 Å². The van der Waals surface area contributed by atoms with E-state index >= 15 is 0 Å². The van der Waals surface area contributed by atoms with E-state index in [2.05, 4.69) is 90.1 Å². The molecule has 0 N–H and O–H groups in total. The van der Waals surface area contributed by atoms with Crippen molar-refractivity contribution in [2.24, 2.45) is 0 Å². The molecule has 3 aromatic carbocycles. The van der Waals surface area contributed by atoms with Crippen molar-refractivity contribution in [1.82, 2.24) is 0 Å². The fourth-order valence-electron chi connectivity index (χ4n) is 2.82. The van der Waals surface area contributed by atoms with Crippen LogP contribution in [0, 0.1) is 41.5 Å². The van der Waals surface area contributed by atoms with Crippen LogP contribution in [0.4, 0.5) is 0 Å². The third kappa shape index (κ3) is 9.31. The van der Waals surface area contributed by atoms with Gasteiger partial charge in [0.25, 0.3) is 0 Å². The molecule has 0 aliphatic rings. The molecule has 0 aromatic heterocycles. The van der Waals surface area contributed by atoms with E-state index in [1.807, 2.05) is 41.5 Å². The predicted molar refractivity (Wildman–Crippen MR) is 140 cm³/mol. The lowest BCUT2D eigenvalue weighted by atomic mass is 9.90. The SMILES string of the molecule is C.CC.CC.CC.Cc1c(C)c(C)c(C)c(C)c1C.c1ccc2ccccc2c1. The van der Waals surface area contributed by atoms with E-state index in [0.717, 1.165) is 0 Å². The molecule has 29 heavy (non-hydrogen) atoms. The van der Waals surface area contributed by atoms with Gasteiger partial charge in [0.2, 0.25) is 0 Å². The van der Waals surface area contributed by atoms with Gasteiger partial charge in [-0.15, -0.1) is 0 Å². The molecule has 0 spiro atoms. The number of benzene rings is 3. The first-order valence-corrected chi connectivity index (χ1v) is 10.9. The molecule has 0 aliphatic heterocycles. The van der Waals surface area contributed by atoms with Crippen LogP contribution in [-0.4, -0.2) is 0 Å². The quantitative estimate of drug-likeness (QED) is 0.354. The van der Waals surface area contributed by atoms with E-state index in [0.29, 0.717) is 0 Å². The predicted octanol–water partition coefficient (Wildman–Crippen LogP) is 10.1. The average Bonchev–Trinajstić information content (AvgIpc) is 2.79. The normalized spacial score (nSPS) is 8.41. The zero-order valence-electron chi connectivity index (χ0n) is 20.6. The monoisotopic (exact) mass is 396 g/mol. The van der Waals surface area contributed by atoms with Gasteiger partial charge in [0, 0.05) is 0 Å². The summed E-state index contributed by atoms with van der Waals surface area (Å²) < 4.78 is 0. The maximum absolute atomic E-state index is 2.21. The van der Waals surface area contributed by atoms with E-state index in [1.54, 1.807) is 0 Å². The van der Waals surface area contributed by atoms with Gasteiger partial charge in [0.05, 0.1) is 0 Å². The molecule has 164 valence electrons. The molecule has 0 saturated heterocycles. The van der Waals surface area contributed by atoms with Crippen LogP contribution >= 0.6 is 0 Å².